The van der Waals surface area contributed by atoms with Crippen LogP contribution in [0.3, 0.4) is 0 Å². The van der Waals surface area contributed by atoms with Crippen molar-refractivity contribution < 1.29 is 9.53 Å². The molecule has 0 radical (unpaired) electrons. The summed E-state index contributed by atoms with van der Waals surface area (Å²) in [5.74, 6) is 0.0751. The molecule has 0 aromatic heterocycles. The first-order chi connectivity index (χ1) is 7.71. The summed E-state index contributed by atoms with van der Waals surface area (Å²) in [6.07, 6.45) is 2.10. The van der Waals surface area contributed by atoms with Gasteiger partial charge in [0, 0.05) is 10.2 Å². The predicted octanol–water partition coefficient (Wildman–Crippen LogP) is 2.34. The van der Waals surface area contributed by atoms with Crippen LogP contribution in [0.2, 0.25) is 0 Å². The lowest BCUT2D eigenvalue weighted by Crippen LogP contribution is -2.51. The molecule has 1 saturated heterocycles. The normalized spacial score (nSPS) is 22.6. The Hall–Kier alpha value is -0.870. The van der Waals surface area contributed by atoms with E-state index < -0.39 is 0 Å². The number of anilines is 1. The van der Waals surface area contributed by atoms with Crippen molar-refractivity contribution in [2.75, 3.05) is 18.1 Å². The van der Waals surface area contributed by atoms with Crippen LogP contribution in [0.25, 0.3) is 0 Å². The van der Waals surface area contributed by atoms with E-state index in [1.807, 2.05) is 29.2 Å². The Morgan fingerprint density at radius 1 is 1.25 bits per heavy atom. The molecule has 1 amide bonds. The highest BCUT2D eigenvalue weighted by molar-refractivity contribution is 9.10. The van der Waals surface area contributed by atoms with Gasteiger partial charge in [0.25, 0.3) is 5.91 Å². The van der Waals surface area contributed by atoms with E-state index >= 15 is 0 Å². The van der Waals surface area contributed by atoms with Gasteiger partial charge in [0.2, 0.25) is 0 Å². The SMILES string of the molecule is O=C1COCC2(CC2)N1c1ccc(Br)cc1. The van der Waals surface area contributed by atoms with Crippen molar-refractivity contribution in [1.29, 1.82) is 0 Å². The fourth-order valence-corrected chi connectivity index (χ4v) is 2.51. The van der Waals surface area contributed by atoms with Crippen LogP contribution in [0, 0.1) is 0 Å². The maximum Gasteiger partial charge on any atom is 0.253 e. The number of hydrogen-bond donors (Lipinski definition) is 0. The zero-order valence-corrected chi connectivity index (χ0v) is 10.4. The van der Waals surface area contributed by atoms with E-state index in [9.17, 15) is 4.79 Å². The van der Waals surface area contributed by atoms with Gasteiger partial charge in [-0.15, -0.1) is 0 Å². The lowest BCUT2D eigenvalue weighted by molar-refractivity contribution is -0.128. The summed E-state index contributed by atoms with van der Waals surface area (Å²) >= 11 is 3.40. The molecule has 84 valence electrons. The average molecular weight is 282 g/mol. The van der Waals surface area contributed by atoms with Crippen molar-refractivity contribution in [3.05, 3.63) is 28.7 Å². The molecule has 1 heterocycles. The molecule has 16 heavy (non-hydrogen) atoms. The Balaban J connectivity index is 1.97. The van der Waals surface area contributed by atoms with Crippen molar-refractivity contribution in [3.8, 4) is 0 Å². The van der Waals surface area contributed by atoms with Crippen LogP contribution in [-0.4, -0.2) is 24.7 Å². The van der Waals surface area contributed by atoms with E-state index in [-0.39, 0.29) is 18.1 Å². The molecule has 1 aromatic carbocycles. The maximum absolute atomic E-state index is 11.9. The molecule has 0 atom stereocenters. The average Bonchev–Trinajstić information content (AvgIpc) is 3.01. The van der Waals surface area contributed by atoms with Gasteiger partial charge >= 0.3 is 0 Å². The first-order valence-electron chi connectivity index (χ1n) is 5.38. The topological polar surface area (TPSA) is 29.5 Å². The third kappa shape index (κ3) is 1.57. The number of carbonyl (C=O) groups excluding carboxylic acids is 1. The largest absolute Gasteiger partial charge is 0.369 e. The number of amides is 1. The van der Waals surface area contributed by atoms with Crippen molar-refractivity contribution in [3.63, 3.8) is 0 Å². The van der Waals surface area contributed by atoms with Gasteiger partial charge in [-0.1, -0.05) is 15.9 Å². The number of rotatable bonds is 1. The standard InChI is InChI=1S/C12H12BrNO2/c13-9-1-3-10(4-2-9)14-11(15)7-16-8-12(14)5-6-12/h1-4H,5-8H2. The summed E-state index contributed by atoms with van der Waals surface area (Å²) in [5, 5.41) is 0. The van der Waals surface area contributed by atoms with Gasteiger partial charge in [-0.3, -0.25) is 4.79 Å². The third-order valence-electron chi connectivity index (χ3n) is 3.23. The van der Waals surface area contributed by atoms with Crippen LogP contribution < -0.4 is 4.90 Å². The fourth-order valence-electron chi connectivity index (χ4n) is 2.24. The van der Waals surface area contributed by atoms with Crippen molar-refractivity contribution in [2.45, 2.75) is 18.4 Å². The van der Waals surface area contributed by atoms with Gasteiger partial charge in [-0.2, -0.15) is 0 Å². The Morgan fingerprint density at radius 3 is 2.56 bits per heavy atom. The minimum Gasteiger partial charge on any atom is -0.369 e. The van der Waals surface area contributed by atoms with E-state index in [0.717, 1.165) is 23.0 Å². The lowest BCUT2D eigenvalue weighted by Gasteiger charge is -2.36. The Morgan fingerprint density at radius 2 is 1.94 bits per heavy atom. The van der Waals surface area contributed by atoms with Crippen LogP contribution in [0.4, 0.5) is 5.69 Å². The highest BCUT2D eigenvalue weighted by atomic mass is 79.9. The van der Waals surface area contributed by atoms with Crippen LogP contribution in [0.5, 0.6) is 0 Å². The van der Waals surface area contributed by atoms with E-state index in [2.05, 4.69) is 15.9 Å². The summed E-state index contributed by atoms with van der Waals surface area (Å²) in [7, 11) is 0. The van der Waals surface area contributed by atoms with Crippen LogP contribution >= 0.6 is 15.9 Å². The number of nitrogens with zero attached hydrogens (tertiary/aromatic N) is 1. The number of benzene rings is 1. The number of morpholine rings is 1. The van der Waals surface area contributed by atoms with Crippen molar-refractivity contribution in [1.82, 2.24) is 0 Å². The number of hydrogen-bond acceptors (Lipinski definition) is 2. The molecule has 1 aromatic rings. The molecule has 0 unspecified atom stereocenters. The van der Waals surface area contributed by atoms with E-state index in [1.54, 1.807) is 0 Å². The predicted molar refractivity (Wildman–Crippen MR) is 64.4 cm³/mol. The summed E-state index contributed by atoms with van der Waals surface area (Å²) in [5.41, 5.74) is 0.942. The Kier molecular flexibility index (Phi) is 2.30. The highest BCUT2D eigenvalue weighted by Gasteiger charge is 2.53. The maximum atomic E-state index is 11.9. The molecule has 4 heteroatoms. The summed E-state index contributed by atoms with van der Waals surface area (Å²) < 4.78 is 6.36. The first kappa shape index (κ1) is 10.3. The first-order valence-corrected chi connectivity index (χ1v) is 6.17. The summed E-state index contributed by atoms with van der Waals surface area (Å²) in [4.78, 5) is 13.8. The second kappa shape index (κ2) is 3.57. The number of ether oxygens (including phenoxy) is 1. The van der Waals surface area contributed by atoms with Gasteiger partial charge in [-0.25, -0.2) is 0 Å². The van der Waals surface area contributed by atoms with Gasteiger partial charge in [-0.05, 0) is 37.1 Å². The summed E-state index contributed by atoms with van der Waals surface area (Å²) in [6.45, 7) is 0.882. The Labute approximate surface area is 103 Å². The molecule has 3 rings (SSSR count). The number of carbonyl (C=O) groups is 1. The zero-order valence-electron chi connectivity index (χ0n) is 8.78. The fraction of sp³-hybridized carbons (Fsp3) is 0.417. The monoisotopic (exact) mass is 281 g/mol. The van der Waals surface area contributed by atoms with E-state index in [4.69, 9.17) is 4.74 Å². The van der Waals surface area contributed by atoms with E-state index in [0.29, 0.717) is 6.61 Å². The molecule has 1 aliphatic carbocycles. The van der Waals surface area contributed by atoms with Gasteiger partial charge < -0.3 is 9.64 Å². The second-order valence-corrected chi connectivity index (χ2v) is 5.34. The minimum atomic E-state index is -0.0385. The zero-order chi connectivity index (χ0) is 11.2. The van der Waals surface area contributed by atoms with E-state index in [1.165, 1.54) is 0 Å². The molecule has 2 aliphatic rings. The van der Waals surface area contributed by atoms with Gasteiger partial charge in [0.15, 0.2) is 0 Å². The summed E-state index contributed by atoms with van der Waals surface area (Å²) in [6, 6.07) is 7.89. The van der Waals surface area contributed by atoms with Crippen molar-refractivity contribution >= 4 is 27.5 Å². The van der Waals surface area contributed by atoms with Gasteiger partial charge in [0.1, 0.15) is 6.61 Å². The lowest BCUT2D eigenvalue weighted by atomic mass is 10.1. The molecule has 0 bridgehead atoms. The van der Waals surface area contributed by atoms with Gasteiger partial charge in [0.05, 0.1) is 12.1 Å². The molecule has 3 nitrogen and oxygen atoms in total. The quantitative estimate of drug-likeness (QED) is 0.791. The van der Waals surface area contributed by atoms with Crippen LogP contribution in [0.15, 0.2) is 28.7 Å². The Bertz CT molecular complexity index is 425. The number of halogens is 1. The highest BCUT2D eigenvalue weighted by Crippen LogP contribution is 2.46. The molecule has 1 saturated carbocycles. The van der Waals surface area contributed by atoms with Crippen LogP contribution in [-0.2, 0) is 9.53 Å². The minimum absolute atomic E-state index is 0.0385. The molecule has 1 aliphatic heterocycles. The molecule has 1 spiro atoms. The molecular formula is C12H12BrNO2. The molecule has 2 fully saturated rings. The molecule has 0 N–H and O–H groups in total. The second-order valence-electron chi connectivity index (χ2n) is 4.42. The van der Waals surface area contributed by atoms with Crippen molar-refractivity contribution in [2.24, 2.45) is 0 Å². The smallest absolute Gasteiger partial charge is 0.253 e. The third-order valence-corrected chi connectivity index (χ3v) is 3.76. The van der Waals surface area contributed by atoms with Crippen LogP contribution in [0.1, 0.15) is 12.8 Å². The molecular weight excluding hydrogens is 270 g/mol.